The number of hydrogen-bond donors (Lipinski definition) is 2. The minimum atomic E-state index is -0.245. The molecule has 0 bridgehead atoms. The van der Waals surface area contributed by atoms with E-state index in [1.165, 1.54) is 0 Å². The number of rotatable bonds is 5. The first kappa shape index (κ1) is 12.5. The largest absolute Gasteiger partial charge is 0.368 e. The Hall–Kier alpha value is -0.610. The zero-order valence-corrected chi connectivity index (χ0v) is 9.66. The number of carbonyl (C=O) groups is 1. The highest BCUT2D eigenvalue weighted by atomic mass is 16.5. The molecule has 1 aliphatic heterocycles. The van der Waals surface area contributed by atoms with E-state index >= 15 is 0 Å². The molecular formula is C11H22N2O2. The maximum Gasteiger partial charge on any atom is 0.249 e. The first-order valence-corrected chi connectivity index (χ1v) is 5.77. The van der Waals surface area contributed by atoms with Crippen molar-refractivity contribution < 1.29 is 9.53 Å². The van der Waals surface area contributed by atoms with Gasteiger partial charge >= 0.3 is 0 Å². The van der Waals surface area contributed by atoms with E-state index in [-0.39, 0.29) is 18.1 Å². The van der Waals surface area contributed by atoms with Crippen molar-refractivity contribution in [3.8, 4) is 0 Å². The van der Waals surface area contributed by atoms with Crippen LogP contribution in [0.3, 0.4) is 0 Å². The smallest absolute Gasteiger partial charge is 0.249 e. The molecule has 0 saturated carbocycles. The van der Waals surface area contributed by atoms with Crippen LogP contribution < -0.4 is 11.1 Å². The fourth-order valence-corrected chi connectivity index (χ4v) is 1.85. The van der Waals surface area contributed by atoms with Crippen LogP contribution in [0.15, 0.2) is 0 Å². The summed E-state index contributed by atoms with van der Waals surface area (Å²) in [5, 5.41) is 2.97. The molecule has 1 rings (SSSR count). The Bertz CT molecular complexity index is 209. The van der Waals surface area contributed by atoms with Crippen LogP contribution in [0.5, 0.6) is 0 Å². The molecule has 1 amide bonds. The molecule has 88 valence electrons. The van der Waals surface area contributed by atoms with Gasteiger partial charge in [0.05, 0.1) is 0 Å². The minimum absolute atomic E-state index is 0.0320. The fourth-order valence-electron chi connectivity index (χ4n) is 1.85. The number of carbonyl (C=O) groups excluding carboxylic acids is 1. The second-order valence-corrected chi connectivity index (χ2v) is 4.40. The van der Waals surface area contributed by atoms with E-state index in [9.17, 15) is 4.79 Å². The van der Waals surface area contributed by atoms with Crippen LogP contribution in [0, 0.1) is 5.92 Å². The second-order valence-electron chi connectivity index (χ2n) is 4.40. The molecule has 1 aliphatic rings. The van der Waals surface area contributed by atoms with Crippen LogP contribution in [0.4, 0.5) is 0 Å². The van der Waals surface area contributed by atoms with Gasteiger partial charge in [-0.25, -0.2) is 0 Å². The molecule has 15 heavy (non-hydrogen) atoms. The Morgan fingerprint density at radius 1 is 1.67 bits per heavy atom. The highest BCUT2D eigenvalue weighted by Crippen LogP contribution is 2.20. The van der Waals surface area contributed by atoms with Crippen molar-refractivity contribution in [3.63, 3.8) is 0 Å². The van der Waals surface area contributed by atoms with E-state index in [4.69, 9.17) is 10.5 Å². The number of nitrogens with two attached hydrogens (primary N) is 1. The molecule has 3 atom stereocenters. The fraction of sp³-hybridized carbons (Fsp3) is 0.909. The van der Waals surface area contributed by atoms with Crippen molar-refractivity contribution in [1.29, 1.82) is 0 Å². The molecular weight excluding hydrogens is 192 g/mol. The predicted molar refractivity (Wildman–Crippen MR) is 59.4 cm³/mol. The third kappa shape index (κ3) is 3.80. The predicted octanol–water partition coefficient (Wildman–Crippen LogP) is 0.655. The zero-order chi connectivity index (χ0) is 11.3. The van der Waals surface area contributed by atoms with Gasteiger partial charge in [0.1, 0.15) is 6.10 Å². The van der Waals surface area contributed by atoms with E-state index in [0.29, 0.717) is 19.1 Å². The minimum Gasteiger partial charge on any atom is -0.368 e. The lowest BCUT2D eigenvalue weighted by Crippen LogP contribution is -2.42. The van der Waals surface area contributed by atoms with Gasteiger partial charge in [-0.3, -0.25) is 4.79 Å². The highest BCUT2D eigenvalue weighted by molar-refractivity contribution is 5.81. The molecule has 0 spiro atoms. The van der Waals surface area contributed by atoms with Crippen molar-refractivity contribution in [3.05, 3.63) is 0 Å². The molecule has 3 N–H and O–H groups in total. The molecule has 1 saturated heterocycles. The maximum absolute atomic E-state index is 11.8. The number of amides is 1. The molecule has 0 aromatic rings. The summed E-state index contributed by atoms with van der Waals surface area (Å²) in [6, 6.07) is 0.192. The summed E-state index contributed by atoms with van der Waals surface area (Å²) < 4.78 is 5.40. The molecule has 3 unspecified atom stereocenters. The van der Waals surface area contributed by atoms with E-state index in [1.54, 1.807) is 0 Å². The number of ether oxygens (including phenoxy) is 1. The Balaban J connectivity index is 2.28. The quantitative estimate of drug-likeness (QED) is 0.706. The van der Waals surface area contributed by atoms with Gasteiger partial charge in [-0.2, -0.15) is 0 Å². The van der Waals surface area contributed by atoms with Crippen molar-refractivity contribution in [2.75, 3.05) is 13.2 Å². The van der Waals surface area contributed by atoms with Gasteiger partial charge in [-0.05, 0) is 38.6 Å². The van der Waals surface area contributed by atoms with Crippen molar-refractivity contribution >= 4 is 5.91 Å². The Morgan fingerprint density at radius 3 is 2.93 bits per heavy atom. The van der Waals surface area contributed by atoms with Crippen LogP contribution in [0.1, 0.15) is 33.1 Å². The van der Waals surface area contributed by atoms with Gasteiger partial charge in [0, 0.05) is 12.6 Å². The lowest BCUT2D eigenvalue weighted by atomic mass is 10.0. The molecule has 1 fully saturated rings. The lowest BCUT2D eigenvalue weighted by molar-refractivity contribution is -0.132. The summed E-state index contributed by atoms with van der Waals surface area (Å²) in [6.45, 7) is 5.45. The van der Waals surface area contributed by atoms with Gasteiger partial charge in [-0.1, -0.05) is 6.92 Å². The number of nitrogens with one attached hydrogen (secondary N) is 1. The summed E-state index contributed by atoms with van der Waals surface area (Å²) in [4.78, 5) is 11.8. The van der Waals surface area contributed by atoms with Crippen LogP contribution in [0.25, 0.3) is 0 Å². The van der Waals surface area contributed by atoms with E-state index < -0.39 is 0 Å². The Labute approximate surface area is 91.5 Å². The van der Waals surface area contributed by atoms with Gasteiger partial charge in [0.15, 0.2) is 0 Å². The van der Waals surface area contributed by atoms with E-state index in [2.05, 4.69) is 12.2 Å². The SMILES string of the molecule is CC(CCCN)NC(=O)C1OCCC1C. The molecule has 0 radical (unpaired) electrons. The summed E-state index contributed by atoms with van der Waals surface area (Å²) in [5.74, 6) is 0.372. The van der Waals surface area contributed by atoms with Crippen LogP contribution >= 0.6 is 0 Å². The van der Waals surface area contributed by atoms with Crippen LogP contribution in [-0.4, -0.2) is 31.2 Å². The third-order valence-corrected chi connectivity index (χ3v) is 2.88. The average molecular weight is 214 g/mol. The molecule has 0 aromatic carbocycles. The molecule has 1 heterocycles. The Morgan fingerprint density at radius 2 is 2.40 bits per heavy atom. The van der Waals surface area contributed by atoms with Crippen LogP contribution in [-0.2, 0) is 9.53 Å². The van der Waals surface area contributed by atoms with Gasteiger partial charge < -0.3 is 15.8 Å². The summed E-state index contributed by atoms with van der Waals surface area (Å²) in [7, 11) is 0. The normalized spacial score (nSPS) is 27.7. The van der Waals surface area contributed by atoms with Crippen molar-refractivity contribution in [2.24, 2.45) is 11.7 Å². The van der Waals surface area contributed by atoms with Gasteiger partial charge in [0.25, 0.3) is 0 Å². The zero-order valence-electron chi connectivity index (χ0n) is 9.66. The standard InChI is InChI=1S/C11H22N2O2/c1-8-5-7-15-10(8)11(14)13-9(2)4-3-6-12/h8-10H,3-7,12H2,1-2H3,(H,13,14). The summed E-state index contributed by atoms with van der Waals surface area (Å²) in [6.07, 6.45) is 2.62. The Kier molecular flexibility index (Phi) is 5.05. The molecule has 4 heteroatoms. The molecule has 0 aromatic heterocycles. The lowest BCUT2D eigenvalue weighted by Gasteiger charge is -2.18. The first-order valence-electron chi connectivity index (χ1n) is 5.77. The summed E-state index contributed by atoms with van der Waals surface area (Å²) >= 11 is 0. The van der Waals surface area contributed by atoms with Crippen LogP contribution in [0.2, 0.25) is 0 Å². The topological polar surface area (TPSA) is 64.3 Å². The first-order chi connectivity index (χ1) is 7.15. The maximum atomic E-state index is 11.8. The molecule has 4 nitrogen and oxygen atoms in total. The monoisotopic (exact) mass is 214 g/mol. The molecule has 0 aliphatic carbocycles. The van der Waals surface area contributed by atoms with E-state index in [1.807, 2.05) is 6.92 Å². The van der Waals surface area contributed by atoms with Gasteiger partial charge in [-0.15, -0.1) is 0 Å². The van der Waals surface area contributed by atoms with E-state index in [0.717, 1.165) is 19.3 Å². The van der Waals surface area contributed by atoms with Crippen molar-refractivity contribution in [1.82, 2.24) is 5.32 Å². The number of hydrogen-bond acceptors (Lipinski definition) is 3. The third-order valence-electron chi connectivity index (χ3n) is 2.88. The second kappa shape index (κ2) is 6.08. The highest BCUT2D eigenvalue weighted by Gasteiger charge is 2.31. The van der Waals surface area contributed by atoms with Crippen molar-refractivity contribution in [2.45, 2.75) is 45.3 Å². The average Bonchev–Trinajstić information content (AvgIpc) is 2.61. The van der Waals surface area contributed by atoms with Gasteiger partial charge in [0.2, 0.25) is 5.91 Å². The summed E-state index contributed by atoms with van der Waals surface area (Å²) in [5.41, 5.74) is 5.41.